The summed E-state index contributed by atoms with van der Waals surface area (Å²) in [4.78, 5) is 26.8. The maximum atomic E-state index is 11.9. The molecule has 0 aliphatic carbocycles. The van der Waals surface area contributed by atoms with Gasteiger partial charge in [-0.3, -0.25) is 9.78 Å². The molecule has 0 radical (unpaired) electrons. The number of pyridine rings is 1. The van der Waals surface area contributed by atoms with E-state index in [9.17, 15) is 4.79 Å². The molecule has 6 heteroatoms. The van der Waals surface area contributed by atoms with Gasteiger partial charge in [-0.1, -0.05) is 12.6 Å². The molecule has 6 nitrogen and oxygen atoms in total. The molecule has 1 aliphatic heterocycles. The minimum atomic E-state index is -0.0298. The molecule has 2 aromatic heterocycles. The zero-order chi connectivity index (χ0) is 16.1. The first-order chi connectivity index (χ1) is 11.3. The van der Waals surface area contributed by atoms with E-state index in [0.717, 1.165) is 30.9 Å². The van der Waals surface area contributed by atoms with Gasteiger partial charge in [-0.15, -0.1) is 0 Å². The number of amides is 1. The molecule has 3 rings (SSSR count). The smallest absolute Gasteiger partial charge is 0.245 e. The predicted molar refractivity (Wildman–Crippen MR) is 88.3 cm³/mol. The van der Waals surface area contributed by atoms with Crippen molar-refractivity contribution in [1.29, 1.82) is 0 Å². The maximum Gasteiger partial charge on any atom is 0.245 e. The standard InChI is InChI=1S/C17H19N5O/c1-2-15(23)22-11-5-6-13(12-22)16-17(20-10-9-19-16)21-14-7-3-4-8-18-14/h2-4,7-10,13H,1,5-6,11-12H2,(H,18,20,21). The van der Waals surface area contributed by atoms with Gasteiger partial charge in [0.25, 0.3) is 0 Å². The van der Waals surface area contributed by atoms with Crippen molar-refractivity contribution in [3.63, 3.8) is 0 Å². The number of nitrogens with zero attached hydrogens (tertiary/aromatic N) is 4. The molecule has 0 aromatic carbocycles. The van der Waals surface area contributed by atoms with Gasteiger partial charge in [0.1, 0.15) is 5.82 Å². The van der Waals surface area contributed by atoms with Crippen LogP contribution in [0.2, 0.25) is 0 Å². The summed E-state index contributed by atoms with van der Waals surface area (Å²) in [6, 6.07) is 5.66. The molecule has 1 atom stereocenters. The third-order valence-corrected chi connectivity index (χ3v) is 3.93. The quantitative estimate of drug-likeness (QED) is 0.879. The Morgan fingerprint density at radius 3 is 2.91 bits per heavy atom. The van der Waals surface area contributed by atoms with Crippen LogP contribution in [0, 0.1) is 0 Å². The average molecular weight is 309 g/mol. The first-order valence-electron chi connectivity index (χ1n) is 7.68. The van der Waals surface area contributed by atoms with Gasteiger partial charge in [-0.25, -0.2) is 9.97 Å². The van der Waals surface area contributed by atoms with Crippen LogP contribution in [0.1, 0.15) is 24.5 Å². The van der Waals surface area contributed by atoms with E-state index in [4.69, 9.17) is 0 Å². The Bertz CT molecular complexity index is 688. The van der Waals surface area contributed by atoms with Crippen LogP contribution in [0.5, 0.6) is 0 Å². The summed E-state index contributed by atoms with van der Waals surface area (Å²) in [5.41, 5.74) is 0.875. The van der Waals surface area contributed by atoms with Crippen LogP contribution in [0.4, 0.5) is 11.6 Å². The molecule has 1 N–H and O–H groups in total. The van der Waals surface area contributed by atoms with E-state index in [1.165, 1.54) is 6.08 Å². The van der Waals surface area contributed by atoms with E-state index in [-0.39, 0.29) is 11.8 Å². The van der Waals surface area contributed by atoms with Gasteiger partial charge in [0, 0.05) is 37.6 Å². The normalized spacial score (nSPS) is 17.6. The second kappa shape index (κ2) is 7.00. The summed E-state index contributed by atoms with van der Waals surface area (Å²) in [7, 11) is 0. The molecule has 118 valence electrons. The summed E-state index contributed by atoms with van der Waals surface area (Å²) < 4.78 is 0. The van der Waals surface area contributed by atoms with Gasteiger partial charge in [-0.05, 0) is 31.1 Å². The molecule has 1 saturated heterocycles. The molecule has 1 unspecified atom stereocenters. The lowest BCUT2D eigenvalue weighted by Crippen LogP contribution is -2.38. The third-order valence-electron chi connectivity index (χ3n) is 3.93. The number of hydrogen-bond donors (Lipinski definition) is 1. The van der Waals surface area contributed by atoms with Crippen molar-refractivity contribution in [3.8, 4) is 0 Å². The van der Waals surface area contributed by atoms with Gasteiger partial charge in [0.15, 0.2) is 5.82 Å². The molecule has 1 aliphatic rings. The highest BCUT2D eigenvalue weighted by molar-refractivity contribution is 5.87. The second-order valence-electron chi connectivity index (χ2n) is 5.46. The van der Waals surface area contributed by atoms with Gasteiger partial charge in [0.2, 0.25) is 5.91 Å². The van der Waals surface area contributed by atoms with Crippen LogP contribution in [0.3, 0.4) is 0 Å². The van der Waals surface area contributed by atoms with E-state index < -0.39 is 0 Å². The number of carbonyl (C=O) groups is 1. The Morgan fingerprint density at radius 2 is 2.13 bits per heavy atom. The summed E-state index contributed by atoms with van der Waals surface area (Å²) in [6.07, 6.45) is 8.37. The van der Waals surface area contributed by atoms with Gasteiger partial charge in [0.05, 0.1) is 5.69 Å². The fourth-order valence-corrected chi connectivity index (χ4v) is 2.83. The first kappa shape index (κ1) is 15.1. The highest BCUT2D eigenvalue weighted by atomic mass is 16.2. The maximum absolute atomic E-state index is 11.9. The highest BCUT2D eigenvalue weighted by Crippen LogP contribution is 2.30. The second-order valence-corrected chi connectivity index (χ2v) is 5.46. The van der Waals surface area contributed by atoms with Gasteiger partial charge >= 0.3 is 0 Å². The molecule has 0 bridgehead atoms. The molecule has 23 heavy (non-hydrogen) atoms. The Balaban J connectivity index is 1.82. The summed E-state index contributed by atoms with van der Waals surface area (Å²) in [6.45, 7) is 4.97. The van der Waals surface area contributed by atoms with E-state index >= 15 is 0 Å². The Hall–Kier alpha value is -2.76. The lowest BCUT2D eigenvalue weighted by Gasteiger charge is -2.32. The van der Waals surface area contributed by atoms with E-state index in [0.29, 0.717) is 12.4 Å². The SMILES string of the molecule is C=CC(=O)N1CCCC(c2nccnc2Nc2ccccn2)C1. The largest absolute Gasteiger partial charge is 0.339 e. The molecule has 3 heterocycles. The molecule has 0 saturated carbocycles. The van der Waals surface area contributed by atoms with Gasteiger partial charge in [-0.2, -0.15) is 0 Å². The molecule has 2 aromatic rings. The highest BCUT2D eigenvalue weighted by Gasteiger charge is 2.26. The minimum Gasteiger partial charge on any atom is -0.339 e. The summed E-state index contributed by atoms with van der Waals surface area (Å²) in [5.74, 6) is 1.55. The van der Waals surface area contributed by atoms with Crippen molar-refractivity contribution < 1.29 is 4.79 Å². The average Bonchev–Trinajstić information content (AvgIpc) is 2.62. The topological polar surface area (TPSA) is 71.0 Å². The van der Waals surface area contributed by atoms with E-state index in [1.54, 1.807) is 18.6 Å². The number of nitrogens with one attached hydrogen (secondary N) is 1. The third kappa shape index (κ3) is 3.53. The number of anilines is 2. The van der Waals surface area contributed by atoms with Gasteiger partial charge < -0.3 is 10.2 Å². The number of aromatic nitrogens is 3. The summed E-state index contributed by atoms with van der Waals surface area (Å²) in [5, 5.41) is 3.22. The number of rotatable bonds is 4. The Kier molecular flexibility index (Phi) is 4.61. The van der Waals surface area contributed by atoms with Crippen molar-refractivity contribution in [1.82, 2.24) is 19.9 Å². The Morgan fingerprint density at radius 1 is 1.26 bits per heavy atom. The molecule has 1 fully saturated rings. The molecular weight excluding hydrogens is 290 g/mol. The number of hydrogen-bond acceptors (Lipinski definition) is 5. The summed E-state index contributed by atoms with van der Waals surface area (Å²) >= 11 is 0. The number of likely N-dealkylation sites (tertiary alicyclic amines) is 1. The Labute approximate surface area is 135 Å². The van der Waals surface area contributed by atoms with Crippen molar-refractivity contribution in [3.05, 3.63) is 55.1 Å². The van der Waals surface area contributed by atoms with E-state index in [1.807, 2.05) is 23.1 Å². The van der Waals surface area contributed by atoms with Crippen LogP contribution in [-0.4, -0.2) is 38.8 Å². The van der Waals surface area contributed by atoms with E-state index in [2.05, 4.69) is 26.8 Å². The van der Waals surface area contributed by atoms with Crippen LogP contribution in [0.15, 0.2) is 49.4 Å². The zero-order valence-corrected chi connectivity index (χ0v) is 12.9. The minimum absolute atomic E-state index is 0.0298. The van der Waals surface area contributed by atoms with Crippen molar-refractivity contribution in [2.45, 2.75) is 18.8 Å². The van der Waals surface area contributed by atoms with Crippen LogP contribution in [0.25, 0.3) is 0 Å². The monoisotopic (exact) mass is 309 g/mol. The number of carbonyl (C=O) groups excluding carboxylic acids is 1. The number of piperidine rings is 1. The predicted octanol–water partition coefficient (Wildman–Crippen LogP) is 2.51. The van der Waals surface area contributed by atoms with Crippen molar-refractivity contribution in [2.24, 2.45) is 0 Å². The zero-order valence-electron chi connectivity index (χ0n) is 12.9. The van der Waals surface area contributed by atoms with Crippen LogP contribution < -0.4 is 5.32 Å². The first-order valence-corrected chi connectivity index (χ1v) is 7.68. The fraction of sp³-hybridized carbons (Fsp3) is 0.294. The lowest BCUT2D eigenvalue weighted by molar-refractivity contribution is -0.127. The fourth-order valence-electron chi connectivity index (χ4n) is 2.83. The molecule has 1 amide bonds. The lowest BCUT2D eigenvalue weighted by atomic mass is 9.94. The van der Waals surface area contributed by atoms with Crippen LogP contribution in [-0.2, 0) is 4.79 Å². The van der Waals surface area contributed by atoms with Crippen molar-refractivity contribution in [2.75, 3.05) is 18.4 Å². The molecular formula is C17H19N5O. The molecule has 0 spiro atoms. The van der Waals surface area contributed by atoms with Crippen molar-refractivity contribution >= 4 is 17.5 Å². The van der Waals surface area contributed by atoms with Crippen LogP contribution >= 0.6 is 0 Å².